The number of hydrogen-bond acceptors (Lipinski definition) is 2. The molecular formula is C8H9NO. The van der Waals surface area contributed by atoms with Crippen molar-refractivity contribution in [2.45, 2.75) is 13.2 Å². The summed E-state index contributed by atoms with van der Waals surface area (Å²) in [6.07, 6.45) is 0. The van der Waals surface area contributed by atoms with Crippen molar-refractivity contribution in [3.05, 3.63) is 29.3 Å². The second-order valence-electron chi connectivity index (χ2n) is 2.42. The first-order valence-corrected chi connectivity index (χ1v) is 3.35. The van der Waals surface area contributed by atoms with E-state index in [0.717, 1.165) is 5.75 Å². The monoisotopic (exact) mass is 135 g/mol. The molecule has 2 nitrogen and oxygen atoms in total. The fourth-order valence-corrected chi connectivity index (χ4v) is 1.18. The van der Waals surface area contributed by atoms with Gasteiger partial charge in [-0.2, -0.15) is 0 Å². The second-order valence-corrected chi connectivity index (χ2v) is 2.42. The first-order chi connectivity index (χ1) is 4.90. The molecule has 0 aromatic heterocycles. The molecule has 0 saturated carbocycles. The number of nitrogens with two attached hydrogens (primary N) is 1. The molecule has 0 unspecified atom stereocenters. The zero-order chi connectivity index (χ0) is 6.97. The zero-order valence-corrected chi connectivity index (χ0v) is 5.63. The highest BCUT2D eigenvalue weighted by molar-refractivity contribution is 5.38. The van der Waals surface area contributed by atoms with Gasteiger partial charge in [0.1, 0.15) is 12.4 Å². The molecule has 1 aromatic rings. The molecule has 10 heavy (non-hydrogen) atoms. The van der Waals surface area contributed by atoms with Crippen molar-refractivity contribution in [3.63, 3.8) is 0 Å². The Morgan fingerprint density at radius 3 is 2.70 bits per heavy atom. The first-order valence-electron chi connectivity index (χ1n) is 3.35. The second kappa shape index (κ2) is 1.99. The van der Waals surface area contributed by atoms with Gasteiger partial charge in [-0.05, 0) is 23.3 Å². The van der Waals surface area contributed by atoms with Gasteiger partial charge in [0, 0.05) is 6.54 Å². The molecule has 0 spiro atoms. The fourth-order valence-electron chi connectivity index (χ4n) is 1.18. The number of fused-ring (bicyclic) bond motifs is 3. The van der Waals surface area contributed by atoms with E-state index in [1.54, 1.807) is 0 Å². The Kier molecular flexibility index (Phi) is 1.14. The minimum Gasteiger partial charge on any atom is -0.489 e. The highest BCUT2D eigenvalue weighted by Gasteiger charge is 2.09. The fraction of sp³-hybridized carbons (Fsp3) is 0.250. The van der Waals surface area contributed by atoms with Crippen LogP contribution in [0.25, 0.3) is 0 Å². The van der Waals surface area contributed by atoms with Crippen LogP contribution in [-0.4, -0.2) is 0 Å². The molecular weight excluding hydrogens is 126 g/mol. The largest absolute Gasteiger partial charge is 0.489 e. The predicted molar refractivity (Wildman–Crippen MR) is 38.7 cm³/mol. The molecule has 2 heterocycles. The molecule has 2 aliphatic rings. The topological polar surface area (TPSA) is 35.2 Å². The quantitative estimate of drug-likeness (QED) is 0.624. The Morgan fingerprint density at radius 2 is 2.40 bits per heavy atom. The zero-order valence-electron chi connectivity index (χ0n) is 5.63. The van der Waals surface area contributed by atoms with Crippen LogP contribution in [0.3, 0.4) is 0 Å². The van der Waals surface area contributed by atoms with Gasteiger partial charge in [-0.15, -0.1) is 0 Å². The van der Waals surface area contributed by atoms with E-state index in [2.05, 4.69) is 6.07 Å². The van der Waals surface area contributed by atoms with Crippen LogP contribution in [0.4, 0.5) is 0 Å². The molecule has 0 atom stereocenters. The number of hydrogen-bond donors (Lipinski definition) is 1. The Labute approximate surface area is 59.6 Å². The third-order valence-corrected chi connectivity index (χ3v) is 1.79. The molecule has 2 heteroatoms. The van der Waals surface area contributed by atoms with Gasteiger partial charge >= 0.3 is 0 Å². The molecule has 2 N–H and O–H groups in total. The molecule has 0 amide bonds. The molecule has 1 aromatic carbocycles. The van der Waals surface area contributed by atoms with Gasteiger partial charge in [0.25, 0.3) is 0 Å². The molecule has 0 radical (unpaired) electrons. The highest BCUT2D eigenvalue weighted by atomic mass is 16.5. The maximum Gasteiger partial charge on any atom is 0.120 e. The maximum absolute atomic E-state index is 5.50. The van der Waals surface area contributed by atoms with Crippen molar-refractivity contribution in [1.82, 2.24) is 0 Å². The van der Waals surface area contributed by atoms with Crippen LogP contribution in [0.2, 0.25) is 0 Å². The van der Waals surface area contributed by atoms with Gasteiger partial charge in [0.05, 0.1) is 0 Å². The summed E-state index contributed by atoms with van der Waals surface area (Å²) < 4.78 is 5.27. The summed E-state index contributed by atoms with van der Waals surface area (Å²) in [7, 11) is 0. The smallest absolute Gasteiger partial charge is 0.120 e. The van der Waals surface area contributed by atoms with E-state index >= 15 is 0 Å². The van der Waals surface area contributed by atoms with Crippen LogP contribution in [0.15, 0.2) is 18.2 Å². The lowest BCUT2D eigenvalue weighted by atomic mass is 10.1. The van der Waals surface area contributed by atoms with E-state index in [1.807, 2.05) is 12.1 Å². The lowest BCUT2D eigenvalue weighted by molar-refractivity contribution is 0.292. The van der Waals surface area contributed by atoms with E-state index < -0.39 is 0 Å². The molecule has 52 valence electrons. The lowest BCUT2D eigenvalue weighted by Crippen LogP contribution is -2.09. The summed E-state index contributed by atoms with van der Waals surface area (Å²) in [5.41, 5.74) is 7.93. The van der Waals surface area contributed by atoms with Crippen LogP contribution in [0, 0.1) is 0 Å². The number of ether oxygens (including phenoxy) is 1. The van der Waals surface area contributed by atoms with Crippen molar-refractivity contribution in [3.8, 4) is 5.75 Å². The van der Waals surface area contributed by atoms with Gasteiger partial charge < -0.3 is 10.5 Å². The van der Waals surface area contributed by atoms with E-state index in [0.29, 0.717) is 13.2 Å². The maximum atomic E-state index is 5.50. The molecule has 2 bridgehead atoms. The SMILES string of the molecule is NCc1cc2ccc1CO2. The average molecular weight is 135 g/mol. The lowest BCUT2D eigenvalue weighted by Gasteiger charge is -2.17. The van der Waals surface area contributed by atoms with Crippen molar-refractivity contribution in [1.29, 1.82) is 0 Å². The van der Waals surface area contributed by atoms with Crippen molar-refractivity contribution < 1.29 is 4.74 Å². The summed E-state index contributed by atoms with van der Waals surface area (Å²) in [4.78, 5) is 0. The summed E-state index contributed by atoms with van der Waals surface area (Å²) in [5.74, 6) is 0.940. The normalized spacial score (nSPS) is 13.3. The third kappa shape index (κ3) is 0.693. The minimum absolute atomic E-state index is 0.618. The van der Waals surface area contributed by atoms with Crippen molar-refractivity contribution >= 4 is 0 Å². The van der Waals surface area contributed by atoms with Crippen LogP contribution in [0.1, 0.15) is 11.1 Å². The predicted octanol–water partition coefficient (Wildman–Crippen LogP) is 1.04. The standard InChI is InChI=1S/C8H9NO/c9-4-7-3-8-2-1-6(7)5-10-8/h1-3H,4-5,9H2. The van der Waals surface area contributed by atoms with Crippen LogP contribution >= 0.6 is 0 Å². The highest BCUT2D eigenvalue weighted by Crippen LogP contribution is 2.24. The van der Waals surface area contributed by atoms with Crippen molar-refractivity contribution in [2.24, 2.45) is 5.73 Å². The van der Waals surface area contributed by atoms with Gasteiger partial charge in [-0.1, -0.05) is 6.07 Å². The Balaban J connectivity index is 2.55. The summed E-state index contributed by atoms with van der Waals surface area (Å²) in [5, 5.41) is 0. The summed E-state index contributed by atoms with van der Waals surface area (Å²) in [6, 6.07) is 6.04. The Hall–Kier alpha value is -1.02. The van der Waals surface area contributed by atoms with E-state index in [4.69, 9.17) is 10.5 Å². The van der Waals surface area contributed by atoms with Gasteiger partial charge in [-0.25, -0.2) is 0 Å². The Bertz CT molecular complexity index is 257. The van der Waals surface area contributed by atoms with Crippen molar-refractivity contribution in [2.75, 3.05) is 0 Å². The average Bonchev–Trinajstić information content (AvgIpc) is 2.06. The van der Waals surface area contributed by atoms with E-state index in [9.17, 15) is 0 Å². The molecule has 0 fully saturated rings. The van der Waals surface area contributed by atoms with Gasteiger partial charge in [-0.3, -0.25) is 0 Å². The van der Waals surface area contributed by atoms with Crippen LogP contribution < -0.4 is 10.5 Å². The molecule has 3 rings (SSSR count). The number of benzene rings is 1. The first kappa shape index (κ1) is 5.74. The van der Waals surface area contributed by atoms with Crippen LogP contribution in [-0.2, 0) is 13.2 Å². The van der Waals surface area contributed by atoms with E-state index in [1.165, 1.54) is 11.1 Å². The molecule has 0 saturated heterocycles. The third-order valence-electron chi connectivity index (χ3n) is 1.79. The summed E-state index contributed by atoms with van der Waals surface area (Å²) >= 11 is 0. The molecule has 2 aliphatic heterocycles. The van der Waals surface area contributed by atoms with Gasteiger partial charge in [0.2, 0.25) is 0 Å². The Morgan fingerprint density at radius 1 is 1.50 bits per heavy atom. The van der Waals surface area contributed by atoms with Crippen LogP contribution in [0.5, 0.6) is 5.75 Å². The molecule has 0 aliphatic carbocycles. The number of rotatable bonds is 1. The summed E-state index contributed by atoms with van der Waals surface area (Å²) in [6.45, 7) is 1.32. The van der Waals surface area contributed by atoms with E-state index in [-0.39, 0.29) is 0 Å². The van der Waals surface area contributed by atoms with Gasteiger partial charge in [0.15, 0.2) is 0 Å². The minimum atomic E-state index is 0.618.